The first-order chi connectivity index (χ1) is 19.8. The SMILES string of the molecule is CCCCCCCCCC/C=C/[C@@H](O)[C@H](COP(=O)(O)O)NC(=O)CCCCCCCCCCCCCCCCC. The molecule has 0 aromatic heterocycles. The summed E-state index contributed by atoms with van der Waals surface area (Å²) in [5.74, 6) is -0.227. The average molecular weight is 604 g/mol. The Balaban J connectivity index is 4.04. The number of carbonyl (C=O) groups is 1. The number of nitrogens with one attached hydrogen (secondary N) is 1. The molecule has 244 valence electrons. The van der Waals surface area contributed by atoms with Crippen molar-refractivity contribution >= 4 is 13.7 Å². The third-order valence-electron chi connectivity index (χ3n) is 7.75. The van der Waals surface area contributed by atoms with Crippen LogP contribution in [0, 0.1) is 0 Å². The van der Waals surface area contributed by atoms with Gasteiger partial charge in [-0.3, -0.25) is 9.32 Å². The van der Waals surface area contributed by atoms with Crippen molar-refractivity contribution in [3.05, 3.63) is 12.2 Å². The van der Waals surface area contributed by atoms with E-state index in [4.69, 9.17) is 9.79 Å². The molecule has 0 saturated carbocycles. The molecule has 0 aliphatic heterocycles. The molecule has 8 heteroatoms. The van der Waals surface area contributed by atoms with Crippen molar-refractivity contribution in [2.24, 2.45) is 0 Å². The predicted octanol–water partition coefficient (Wildman–Crippen LogP) is 9.29. The number of unbranched alkanes of at least 4 members (excludes halogenated alkanes) is 22. The summed E-state index contributed by atoms with van der Waals surface area (Å²) in [6.07, 6.45) is 32.3. The number of hydrogen-bond acceptors (Lipinski definition) is 4. The van der Waals surface area contributed by atoms with Gasteiger partial charge in [0.2, 0.25) is 5.91 Å². The molecule has 0 saturated heterocycles. The Morgan fingerprint density at radius 2 is 1.07 bits per heavy atom. The van der Waals surface area contributed by atoms with Crippen molar-refractivity contribution in [2.75, 3.05) is 6.61 Å². The Morgan fingerprint density at radius 3 is 1.49 bits per heavy atom. The maximum Gasteiger partial charge on any atom is 0.469 e. The van der Waals surface area contributed by atoms with E-state index in [0.717, 1.165) is 38.5 Å². The topological polar surface area (TPSA) is 116 Å². The maximum atomic E-state index is 12.5. The lowest BCUT2D eigenvalue weighted by Gasteiger charge is -2.22. The molecule has 0 fully saturated rings. The summed E-state index contributed by atoms with van der Waals surface area (Å²) >= 11 is 0. The summed E-state index contributed by atoms with van der Waals surface area (Å²) in [5.41, 5.74) is 0. The maximum absolute atomic E-state index is 12.5. The Hall–Kier alpha value is -0.720. The van der Waals surface area contributed by atoms with Crippen LogP contribution in [0.25, 0.3) is 0 Å². The van der Waals surface area contributed by atoms with Crippen LogP contribution in [0.4, 0.5) is 0 Å². The number of amides is 1. The third-order valence-corrected chi connectivity index (χ3v) is 8.23. The molecule has 0 aromatic rings. The van der Waals surface area contributed by atoms with E-state index in [1.54, 1.807) is 6.08 Å². The van der Waals surface area contributed by atoms with Gasteiger partial charge in [0.1, 0.15) is 0 Å². The molecule has 0 bridgehead atoms. The number of aliphatic hydroxyl groups excluding tert-OH is 1. The molecular weight excluding hydrogens is 537 g/mol. The Kier molecular flexibility index (Phi) is 28.8. The van der Waals surface area contributed by atoms with Crippen molar-refractivity contribution in [3.8, 4) is 0 Å². The standard InChI is InChI=1S/C33H66NO6P/c1-3-5-7-9-11-13-15-16-17-18-19-21-23-25-27-29-33(36)34-31(30-40-41(37,38)39)32(35)28-26-24-22-20-14-12-10-8-6-4-2/h26,28,31-32,35H,3-25,27,29-30H2,1-2H3,(H,34,36)(H2,37,38,39)/b28-26+/t31-,32+/m0/s1. The van der Waals surface area contributed by atoms with E-state index >= 15 is 0 Å². The quantitative estimate of drug-likeness (QED) is 0.0356. The van der Waals surface area contributed by atoms with Crippen LogP contribution in [0.2, 0.25) is 0 Å². The summed E-state index contributed by atoms with van der Waals surface area (Å²) in [6, 6.07) is -0.902. The average Bonchev–Trinajstić information content (AvgIpc) is 2.93. The first kappa shape index (κ1) is 40.3. The minimum atomic E-state index is -4.70. The van der Waals surface area contributed by atoms with Gasteiger partial charge in [0.05, 0.1) is 18.8 Å². The molecule has 0 aliphatic carbocycles. The highest BCUT2D eigenvalue weighted by atomic mass is 31.2. The Bertz CT molecular complexity index is 654. The van der Waals surface area contributed by atoms with E-state index in [9.17, 15) is 14.5 Å². The zero-order valence-corrected chi connectivity index (χ0v) is 27.6. The monoisotopic (exact) mass is 603 g/mol. The summed E-state index contributed by atoms with van der Waals surface area (Å²) < 4.78 is 15.8. The smallest absolute Gasteiger partial charge is 0.387 e. The molecule has 4 N–H and O–H groups in total. The summed E-state index contributed by atoms with van der Waals surface area (Å²) in [7, 11) is -4.70. The zero-order valence-electron chi connectivity index (χ0n) is 26.7. The van der Waals surface area contributed by atoms with Crippen LogP contribution >= 0.6 is 7.82 Å². The molecule has 1 amide bonds. The fraction of sp³-hybridized carbons (Fsp3) is 0.909. The van der Waals surface area contributed by atoms with Crippen LogP contribution in [-0.2, 0) is 13.9 Å². The van der Waals surface area contributed by atoms with Gasteiger partial charge in [-0.15, -0.1) is 0 Å². The van der Waals surface area contributed by atoms with Crippen molar-refractivity contribution in [3.63, 3.8) is 0 Å². The second kappa shape index (κ2) is 29.4. The van der Waals surface area contributed by atoms with Gasteiger partial charge in [-0.1, -0.05) is 161 Å². The molecule has 2 atom stereocenters. The fourth-order valence-electron chi connectivity index (χ4n) is 5.10. The number of rotatable bonds is 31. The lowest BCUT2D eigenvalue weighted by Crippen LogP contribution is -2.45. The van der Waals surface area contributed by atoms with Gasteiger partial charge < -0.3 is 20.2 Å². The van der Waals surface area contributed by atoms with E-state index in [1.165, 1.54) is 116 Å². The van der Waals surface area contributed by atoms with E-state index in [-0.39, 0.29) is 5.91 Å². The van der Waals surface area contributed by atoms with Crippen LogP contribution in [-0.4, -0.2) is 39.6 Å². The molecule has 0 aromatic carbocycles. The van der Waals surface area contributed by atoms with E-state index in [0.29, 0.717) is 6.42 Å². The van der Waals surface area contributed by atoms with Gasteiger partial charge in [-0.2, -0.15) is 0 Å². The molecule has 0 radical (unpaired) electrons. The van der Waals surface area contributed by atoms with Crippen LogP contribution in [0.3, 0.4) is 0 Å². The molecule has 41 heavy (non-hydrogen) atoms. The Labute approximate surface area is 252 Å². The van der Waals surface area contributed by atoms with E-state index in [1.807, 2.05) is 6.08 Å². The number of carbonyl (C=O) groups excluding carboxylic acids is 1. The second-order valence-electron chi connectivity index (χ2n) is 11.8. The number of hydrogen-bond donors (Lipinski definition) is 4. The normalized spacial score (nSPS) is 13.6. The summed E-state index contributed by atoms with van der Waals surface area (Å²) in [4.78, 5) is 30.6. The van der Waals surface area contributed by atoms with Crippen molar-refractivity contribution in [1.29, 1.82) is 0 Å². The van der Waals surface area contributed by atoms with Crippen LogP contribution in [0.5, 0.6) is 0 Å². The number of phosphoric ester groups is 1. The summed E-state index contributed by atoms with van der Waals surface area (Å²) in [5, 5.41) is 13.3. The molecule has 0 aliphatic rings. The zero-order chi connectivity index (χ0) is 30.4. The molecule has 0 heterocycles. The van der Waals surface area contributed by atoms with E-state index in [2.05, 4.69) is 23.7 Å². The molecule has 0 unspecified atom stereocenters. The fourth-order valence-corrected chi connectivity index (χ4v) is 5.46. The molecular formula is C33H66NO6P. The highest BCUT2D eigenvalue weighted by molar-refractivity contribution is 7.46. The van der Waals surface area contributed by atoms with Crippen molar-refractivity contribution in [1.82, 2.24) is 5.32 Å². The first-order valence-electron chi connectivity index (χ1n) is 17.1. The summed E-state index contributed by atoms with van der Waals surface area (Å²) in [6.45, 7) is 4.03. The number of aliphatic hydroxyl groups is 1. The van der Waals surface area contributed by atoms with Gasteiger partial charge in [0.25, 0.3) is 0 Å². The van der Waals surface area contributed by atoms with Crippen LogP contribution in [0.15, 0.2) is 12.2 Å². The van der Waals surface area contributed by atoms with Gasteiger partial charge in [-0.25, -0.2) is 4.57 Å². The largest absolute Gasteiger partial charge is 0.469 e. The highest BCUT2D eigenvalue weighted by Crippen LogP contribution is 2.35. The molecule has 0 rings (SSSR count). The minimum absolute atomic E-state index is 0.227. The van der Waals surface area contributed by atoms with E-state index < -0.39 is 26.6 Å². The van der Waals surface area contributed by atoms with Crippen molar-refractivity contribution in [2.45, 2.75) is 187 Å². The Morgan fingerprint density at radius 1 is 0.683 bits per heavy atom. The minimum Gasteiger partial charge on any atom is -0.387 e. The lowest BCUT2D eigenvalue weighted by molar-refractivity contribution is -0.123. The van der Waals surface area contributed by atoms with Crippen LogP contribution in [0.1, 0.15) is 174 Å². The lowest BCUT2D eigenvalue weighted by atomic mass is 10.0. The van der Waals surface area contributed by atoms with Gasteiger partial charge >= 0.3 is 7.82 Å². The van der Waals surface area contributed by atoms with Gasteiger partial charge in [-0.05, 0) is 19.3 Å². The van der Waals surface area contributed by atoms with Crippen molar-refractivity contribution < 1.29 is 28.8 Å². The first-order valence-corrected chi connectivity index (χ1v) is 18.7. The van der Waals surface area contributed by atoms with Gasteiger partial charge in [0, 0.05) is 6.42 Å². The number of allylic oxidation sites excluding steroid dienone is 1. The predicted molar refractivity (Wildman–Crippen MR) is 172 cm³/mol. The molecule has 7 nitrogen and oxygen atoms in total. The third kappa shape index (κ3) is 30.5. The van der Waals surface area contributed by atoms with Crippen LogP contribution < -0.4 is 5.32 Å². The second-order valence-corrected chi connectivity index (χ2v) is 13.1. The van der Waals surface area contributed by atoms with Gasteiger partial charge in [0.15, 0.2) is 0 Å². The number of phosphoric acid groups is 1. The highest BCUT2D eigenvalue weighted by Gasteiger charge is 2.24. The molecule has 0 spiro atoms.